The Hall–Kier alpha value is -1.07. The van der Waals surface area contributed by atoms with Crippen molar-refractivity contribution in [1.29, 1.82) is 0 Å². The zero-order chi connectivity index (χ0) is 13.1. The molecule has 0 atom stereocenters. The lowest BCUT2D eigenvalue weighted by atomic mass is 9.91. The number of hydrogen-bond acceptors (Lipinski definition) is 4. The second-order valence-electron chi connectivity index (χ2n) is 5.07. The minimum absolute atomic E-state index is 0.234. The Morgan fingerprint density at radius 1 is 1.50 bits per heavy atom. The van der Waals surface area contributed by atoms with Crippen LogP contribution in [0.2, 0.25) is 0 Å². The van der Waals surface area contributed by atoms with E-state index in [-0.39, 0.29) is 6.61 Å². The molecule has 0 radical (unpaired) electrons. The highest BCUT2D eigenvalue weighted by molar-refractivity contribution is 5.51. The predicted molar refractivity (Wildman–Crippen MR) is 72.5 cm³/mol. The second-order valence-corrected chi connectivity index (χ2v) is 5.07. The number of aliphatic hydroxyl groups is 1. The fourth-order valence-electron chi connectivity index (χ4n) is 2.69. The van der Waals surface area contributed by atoms with Crippen LogP contribution in [0.25, 0.3) is 0 Å². The van der Waals surface area contributed by atoms with E-state index in [1.165, 1.54) is 19.3 Å². The molecule has 1 aromatic rings. The van der Waals surface area contributed by atoms with Gasteiger partial charge in [-0.3, -0.25) is 4.68 Å². The Morgan fingerprint density at radius 3 is 2.72 bits per heavy atom. The fourth-order valence-corrected chi connectivity index (χ4v) is 2.69. The molecular formula is C13H24N4O. The summed E-state index contributed by atoms with van der Waals surface area (Å²) in [6.07, 6.45) is 4.57. The van der Waals surface area contributed by atoms with Crippen LogP contribution in [0.3, 0.4) is 0 Å². The highest BCUT2D eigenvalue weighted by Crippen LogP contribution is 2.32. The summed E-state index contributed by atoms with van der Waals surface area (Å²) in [6.45, 7) is 3.65. The molecule has 0 bridgehead atoms. The molecule has 2 rings (SSSR count). The summed E-state index contributed by atoms with van der Waals surface area (Å²) in [5.74, 6) is 1.15. The number of aryl methyl sites for hydroxylation is 2. The number of anilines is 1. The van der Waals surface area contributed by atoms with Gasteiger partial charge in [-0.15, -0.1) is 0 Å². The van der Waals surface area contributed by atoms with E-state index in [0.717, 1.165) is 30.0 Å². The first-order valence-corrected chi connectivity index (χ1v) is 6.79. The van der Waals surface area contributed by atoms with Gasteiger partial charge in [-0.05, 0) is 32.6 Å². The van der Waals surface area contributed by atoms with Crippen LogP contribution in [0.1, 0.15) is 36.9 Å². The van der Waals surface area contributed by atoms with Gasteiger partial charge in [0.25, 0.3) is 0 Å². The normalized spacial score (nSPS) is 15.8. The van der Waals surface area contributed by atoms with Gasteiger partial charge >= 0.3 is 0 Å². The second kappa shape index (κ2) is 5.71. The lowest BCUT2D eigenvalue weighted by Crippen LogP contribution is -2.42. The standard InChI is InChI=1S/C13H24N4O/c1-10-12(9-14)13(16(2)15-10)17(7-4-8-18)11-5-3-6-11/h11,18H,3-9,14H2,1-2H3. The Morgan fingerprint density at radius 2 is 2.22 bits per heavy atom. The quantitative estimate of drug-likeness (QED) is 0.790. The third kappa shape index (κ3) is 2.37. The van der Waals surface area contributed by atoms with Gasteiger partial charge in [-0.2, -0.15) is 5.10 Å². The minimum Gasteiger partial charge on any atom is -0.396 e. The molecule has 0 spiro atoms. The molecule has 1 aliphatic rings. The van der Waals surface area contributed by atoms with E-state index >= 15 is 0 Å². The Bertz CT molecular complexity index is 398. The van der Waals surface area contributed by atoms with Crippen LogP contribution in [-0.2, 0) is 13.6 Å². The van der Waals surface area contributed by atoms with Crippen molar-refractivity contribution in [2.45, 2.75) is 45.2 Å². The summed E-state index contributed by atoms with van der Waals surface area (Å²) < 4.78 is 1.94. The highest BCUT2D eigenvalue weighted by Gasteiger charge is 2.29. The van der Waals surface area contributed by atoms with Crippen LogP contribution < -0.4 is 10.6 Å². The van der Waals surface area contributed by atoms with Crippen LogP contribution >= 0.6 is 0 Å². The lowest BCUT2D eigenvalue weighted by Gasteiger charge is -2.39. The molecule has 102 valence electrons. The van der Waals surface area contributed by atoms with Crippen molar-refractivity contribution in [2.75, 3.05) is 18.1 Å². The minimum atomic E-state index is 0.234. The number of nitrogens with zero attached hydrogens (tertiary/aromatic N) is 3. The molecule has 1 aliphatic carbocycles. The number of aromatic nitrogens is 2. The first-order chi connectivity index (χ1) is 8.69. The molecule has 0 amide bonds. The molecule has 0 aromatic carbocycles. The third-order valence-corrected chi connectivity index (χ3v) is 3.86. The molecule has 3 N–H and O–H groups in total. The van der Waals surface area contributed by atoms with Gasteiger partial charge in [0.2, 0.25) is 0 Å². The van der Waals surface area contributed by atoms with E-state index < -0.39 is 0 Å². The van der Waals surface area contributed by atoms with Crippen molar-refractivity contribution < 1.29 is 5.11 Å². The molecule has 5 heteroatoms. The topological polar surface area (TPSA) is 67.3 Å². The average molecular weight is 252 g/mol. The predicted octanol–water partition coefficient (Wildman–Crippen LogP) is 0.929. The van der Waals surface area contributed by atoms with Crippen molar-refractivity contribution >= 4 is 5.82 Å². The maximum Gasteiger partial charge on any atom is 0.131 e. The van der Waals surface area contributed by atoms with Crippen LogP contribution in [0, 0.1) is 6.92 Å². The first kappa shape index (κ1) is 13.4. The van der Waals surface area contributed by atoms with Crippen molar-refractivity contribution in [1.82, 2.24) is 9.78 Å². The van der Waals surface area contributed by atoms with Gasteiger partial charge < -0.3 is 15.7 Å². The van der Waals surface area contributed by atoms with Gasteiger partial charge in [0, 0.05) is 38.3 Å². The largest absolute Gasteiger partial charge is 0.396 e. The SMILES string of the molecule is Cc1nn(C)c(N(CCCO)C2CCC2)c1CN. The summed E-state index contributed by atoms with van der Waals surface area (Å²) in [7, 11) is 1.98. The molecular weight excluding hydrogens is 228 g/mol. The molecule has 0 unspecified atom stereocenters. The van der Waals surface area contributed by atoms with Gasteiger partial charge in [0.15, 0.2) is 0 Å². The van der Waals surface area contributed by atoms with Crippen molar-refractivity contribution in [3.8, 4) is 0 Å². The summed E-state index contributed by atoms with van der Waals surface area (Å²) in [5, 5.41) is 13.5. The molecule has 1 fully saturated rings. The monoisotopic (exact) mass is 252 g/mol. The average Bonchev–Trinajstić information content (AvgIpc) is 2.56. The lowest BCUT2D eigenvalue weighted by molar-refractivity contribution is 0.282. The van der Waals surface area contributed by atoms with Crippen LogP contribution in [-0.4, -0.2) is 34.1 Å². The first-order valence-electron chi connectivity index (χ1n) is 6.79. The van der Waals surface area contributed by atoms with E-state index in [0.29, 0.717) is 12.6 Å². The number of nitrogens with two attached hydrogens (primary N) is 1. The summed E-state index contributed by atoms with van der Waals surface area (Å²) in [6, 6.07) is 0.594. The maximum atomic E-state index is 9.06. The van der Waals surface area contributed by atoms with Gasteiger partial charge in [0.05, 0.1) is 5.69 Å². The molecule has 5 nitrogen and oxygen atoms in total. The summed E-state index contributed by atoms with van der Waals surface area (Å²) in [4.78, 5) is 2.39. The van der Waals surface area contributed by atoms with Crippen molar-refractivity contribution in [3.05, 3.63) is 11.3 Å². The van der Waals surface area contributed by atoms with E-state index in [1.54, 1.807) is 0 Å². The van der Waals surface area contributed by atoms with Crippen LogP contribution in [0.15, 0.2) is 0 Å². The smallest absolute Gasteiger partial charge is 0.131 e. The van der Waals surface area contributed by atoms with Crippen LogP contribution in [0.5, 0.6) is 0 Å². The zero-order valence-corrected chi connectivity index (χ0v) is 11.4. The highest BCUT2D eigenvalue weighted by atomic mass is 16.3. The number of hydrogen-bond donors (Lipinski definition) is 2. The Labute approximate surface area is 109 Å². The maximum absolute atomic E-state index is 9.06. The molecule has 1 heterocycles. The number of aliphatic hydroxyl groups excluding tert-OH is 1. The molecule has 18 heavy (non-hydrogen) atoms. The van der Waals surface area contributed by atoms with E-state index in [1.807, 2.05) is 18.7 Å². The zero-order valence-electron chi connectivity index (χ0n) is 11.4. The molecule has 0 saturated heterocycles. The summed E-state index contributed by atoms with van der Waals surface area (Å²) >= 11 is 0. The third-order valence-electron chi connectivity index (χ3n) is 3.86. The van der Waals surface area contributed by atoms with E-state index in [2.05, 4.69) is 10.00 Å². The molecule has 0 aliphatic heterocycles. The Balaban J connectivity index is 2.28. The van der Waals surface area contributed by atoms with Gasteiger partial charge in [0.1, 0.15) is 5.82 Å². The Kier molecular flexibility index (Phi) is 4.24. The van der Waals surface area contributed by atoms with Crippen LogP contribution in [0.4, 0.5) is 5.82 Å². The van der Waals surface area contributed by atoms with E-state index in [9.17, 15) is 0 Å². The van der Waals surface area contributed by atoms with Crippen molar-refractivity contribution in [3.63, 3.8) is 0 Å². The molecule has 1 aromatic heterocycles. The summed E-state index contributed by atoms with van der Waals surface area (Å²) in [5.41, 5.74) is 8.02. The number of rotatable bonds is 6. The van der Waals surface area contributed by atoms with Crippen molar-refractivity contribution in [2.24, 2.45) is 12.8 Å². The van der Waals surface area contributed by atoms with Gasteiger partial charge in [-0.25, -0.2) is 0 Å². The van der Waals surface area contributed by atoms with E-state index in [4.69, 9.17) is 10.8 Å². The fraction of sp³-hybridized carbons (Fsp3) is 0.769. The molecule has 1 saturated carbocycles. The van der Waals surface area contributed by atoms with Gasteiger partial charge in [-0.1, -0.05) is 0 Å².